The zero-order valence-corrected chi connectivity index (χ0v) is 17.6. The van der Waals surface area contributed by atoms with Crippen LogP contribution in [0.3, 0.4) is 0 Å². The number of hydrogen-bond donors (Lipinski definition) is 2. The van der Waals surface area contributed by atoms with Crippen LogP contribution in [-0.2, 0) is 9.59 Å². The molecular weight excluding hydrogens is 420 g/mol. The van der Waals surface area contributed by atoms with Crippen LogP contribution in [0.15, 0.2) is 71.2 Å². The quantitative estimate of drug-likeness (QED) is 0.520. The van der Waals surface area contributed by atoms with Crippen LogP contribution in [0.25, 0.3) is 6.08 Å². The molecule has 1 fully saturated rings. The number of allylic oxidation sites excluding steroid dienone is 2. The van der Waals surface area contributed by atoms with Gasteiger partial charge in [-0.1, -0.05) is 66.5 Å². The van der Waals surface area contributed by atoms with Crippen molar-refractivity contribution in [3.05, 3.63) is 82.3 Å². The normalized spacial score (nSPS) is 15.6. The van der Waals surface area contributed by atoms with Crippen LogP contribution < -0.4 is 5.32 Å². The second-order valence-corrected chi connectivity index (χ2v) is 8.18. The Labute approximate surface area is 183 Å². The topological polar surface area (TPSA) is 86.7 Å². The molecule has 0 bridgehead atoms. The summed E-state index contributed by atoms with van der Waals surface area (Å²) in [6.45, 7) is 1.64. The number of carbonyl (C=O) groups excluding carboxylic acids is 2. The predicted molar refractivity (Wildman–Crippen MR) is 122 cm³/mol. The molecule has 152 valence electrons. The molecule has 6 nitrogen and oxygen atoms in total. The molecular formula is C22H18N2O4S2. The van der Waals surface area contributed by atoms with Gasteiger partial charge in [-0.3, -0.25) is 14.5 Å². The molecule has 8 heteroatoms. The number of nitrogens with one attached hydrogen (secondary N) is 1. The Bertz CT molecular complexity index is 1080. The third-order valence-electron chi connectivity index (χ3n) is 4.12. The van der Waals surface area contributed by atoms with Crippen LogP contribution in [0.2, 0.25) is 0 Å². The molecule has 0 atom stereocenters. The molecule has 2 aromatic carbocycles. The number of amides is 2. The number of aromatic carboxylic acids is 1. The van der Waals surface area contributed by atoms with E-state index < -0.39 is 11.9 Å². The van der Waals surface area contributed by atoms with Crippen LogP contribution in [0.4, 0.5) is 5.69 Å². The Kier molecular flexibility index (Phi) is 6.81. The second kappa shape index (κ2) is 9.51. The summed E-state index contributed by atoms with van der Waals surface area (Å²) < 4.78 is 0.299. The zero-order valence-electron chi connectivity index (χ0n) is 16.0. The van der Waals surface area contributed by atoms with Gasteiger partial charge in [-0.15, -0.1) is 0 Å². The number of benzene rings is 2. The van der Waals surface area contributed by atoms with E-state index in [0.717, 1.165) is 22.9 Å². The standard InChI is InChI=1S/C22H18N2O4S2/c1-14(10-15-6-3-2-4-7-15)11-18-20(26)24(22(29)30-18)13-19(25)23-17-9-5-8-16(12-17)21(27)28/h2-12H,13H2,1H3,(H,23,25)(H,27,28)/b14-10+,18-11-. The highest BCUT2D eigenvalue weighted by atomic mass is 32.2. The van der Waals surface area contributed by atoms with Crippen LogP contribution in [-0.4, -0.2) is 38.7 Å². The zero-order chi connectivity index (χ0) is 21.7. The minimum atomic E-state index is -1.09. The first kappa shape index (κ1) is 21.5. The maximum atomic E-state index is 12.7. The summed E-state index contributed by atoms with van der Waals surface area (Å²) >= 11 is 6.41. The number of thiocarbonyl (C=S) groups is 1. The van der Waals surface area contributed by atoms with E-state index in [9.17, 15) is 14.4 Å². The van der Waals surface area contributed by atoms with Gasteiger partial charge in [0.1, 0.15) is 10.9 Å². The van der Waals surface area contributed by atoms with E-state index in [1.807, 2.05) is 43.3 Å². The van der Waals surface area contributed by atoms with Crippen molar-refractivity contribution in [1.82, 2.24) is 4.90 Å². The smallest absolute Gasteiger partial charge is 0.335 e. The molecule has 0 unspecified atom stereocenters. The van der Waals surface area contributed by atoms with E-state index in [1.54, 1.807) is 12.1 Å². The summed E-state index contributed by atoms with van der Waals surface area (Å²) in [4.78, 5) is 37.8. The van der Waals surface area contributed by atoms with E-state index in [2.05, 4.69) is 5.32 Å². The van der Waals surface area contributed by atoms with Crippen molar-refractivity contribution in [2.45, 2.75) is 6.92 Å². The maximum Gasteiger partial charge on any atom is 0.335 e. The van der Waals surface area contributed by atoms with Crippen LogP contribution in [0.1, 0.15) is 22.8 Å². The first-order chi connectivity index (χ1) is 14.3. The van der Waals surface area contributed by atoms with Crippen molar-refractivity contribution in [1.29, 1.82) is 0 Å². The summed E-state index contributed by atoms with van der Waals surface area (Å²) in [7, 11) is 0. The Balaban J connectivity index is 1.67. The molecule has 1 aliphatic heterocycles. The second-order valence-electron chi connectivity index (χ2n) is 6.50. The molecule has 1 heterocycles. The maximum absolute atomic E-state index is 12.7. The van der Waals surface area contributed by atoms with E-state index in [4.69, 9.17) is 17.3 Å². The number of carboxylic acids is 1. The van der Waals surface area contributed by atoms with Gasteiger partial charge >= 0.3 is 5.97 Å². The largest absolute Gasteiger partial charge is 0.478 e. The van der Waals surface area contributed by atoms with Crippen molar-refractivity contribution < 1.29 is 19.5 Å². The molecule has 1 saturated heterocycles. The Hall–Kier alpha value is -3.23. The number of rotatable bonds is 6. The average molecular weight is 439 g/mol. The summed E-state index contributed by atoms with van der Waals surface area (Å²) in [5.74, 6) is -1.89. The van der Waals surface area contributed by atoms with Gasteiger partial charge in [0, 0.05) is 5.69 Å². The lowest BCUT2D eigenvalue weighted by atomic mass is 10.1. The van der Waals surface area contributed by atoms with E-state index in [0.29, 0.717) is 14.9 Å². The van der Waals surface area contributed by atoms with Crippen molar-refractivity contribution in [2.75, 3.05) is 11.9 Å². The third-order valence-corrected chi connectivity index (χ3v) is 5.50. The average Bonchev–Trinajstić information content (AvgIpc) is 2.96. The minimum Gasteiger partial charge on any atom is -0.478 e. The van der Waals surface area contributed by atoms with Crippen molar-refractivity contribution in [2.24, 2.45) is 0 Å². The van der Waals surface area contributed by atoms with Gasteiger partial charge in [-0.25, -0.2) is 4.79 Å². The van der Waals surface area contributed by atoms with Crippen molar-refractivity contribution in [3.8, 4) is 0 Å². The lowest BCUT2D eigenvalue weighted by molar-refractivity contribution is -0.126. The van der Waals surface area contributed by atoms with E-state index in [-0.39, 0.29) is 18.0 Å². The van der Waals surface area contributed by atoms with Crippen molar-refractivity contribution >= 4 is 57.8 Å². The van der Waals surface area contributed by atoms with Crippen LogP contribution in [0.5, 0.6) is 0 Å². The lowest BCUT2D eigenvalue weighted by Gasteiger charge is -2.14. The first-order valence-electron chi connectivity index (χ1n) is 8.95. The molecule has 0 aromatic heterocycles. The van der Waals surface area contributed by atoms with Gasteiger partial charge in [0.25, 0.3) is 5.91 Å². The predicted octanol–water partition coefficient (Wildman–Crippen LogP) is 4.17. The number of nitrogens with zero attached hydrogens (tertiary/aromatic N) is 1. The number of anilines is 1. The lowest BCUT2D eigenvalue weighted by Crippen LogP contribution is -2.36. The first-order valence-corrected chi connectivity index (χ1v) is 10.2. The third kappa shape index (κ3) is 5.43. The summed E-state index contributed by atoms with van der Waals surface area (Å²) in [5.41, 5.74) is 2.30. The fraction of sp³-hybridized carbons (Fsp3) is 0.0909. The number of hydrogen-bond acceptors (Lipinski definition) is 5. The highest BCUT2D eigenvalue weighted by Crippen LogP contribution is 2.32. The van der Waals surface area contributed by atoms with Gasteiger partial charge in [-0.2, -0.15) is 0 Å². The highest BCUT2D eigenvalue weighted by Gasteiger charge is 2.33. The Morgan fingerprint density at radius 2 is 1.90 bits per heavy atom. The fourth-order valence-corrected chi connectivity index (χ4v) is 4.08. The summed E-state index contributed by atoms with van der Waals surface area (Å²) in [5, 5.41) is 11.6. The molecule has 1 aliphatic rings. The van der Waals surface area contributed by atoms with Crippen LogP contribution >= 0.6 is 24.0 Å². The molecule has 30 heavy (non-hydrogen) atoms. The highest BCUT2D eigenvalue weighted by molar-refractivity contribution is 8.26. The van der Waals surface area contributed by atoms with Gasteiger partial charge in [0.2, 0.25) is 5.91 Å². The Morgan fingerprint density at radius 3 is 2.60 bits per heavy atom. The molecule has 2 N–H and O–H groups in total. The Morgan fingerprint density at radius 1 is 1.17 bits per heavy atom. The number of carbonyl (C=O) groups is 3. The van der Waals surface area contributed by atoms with Gasteiger partial charge in [0.15, 0.2) is 0 Å². The van der Waals surface area contributed by atoms with Gasteiger partial charge in [-0.05, 0) is 42.3 Å². The van der Waals surface area contributed by atoms with Crippen molar-refractivity contribution in [3.63, 3.8) is 0 Å². The monoisotopic (exact) mass is 438 g/mol. The number of thioether (sulfide) groups is 1. The molecule has 2 amide bonds. The number of carboxylic acid groups (broad SMARTS) is 1. The summed E-state index contributed by atoms with van der Waals surface area (Å²) in [6.07, 6.45) is 3.70. The SMILES string of the molecule is CC(/C=C1\SC(=S)N(CC(=O)Nc2cccc(C(=O)O)c2)C1=O)=C\c1ccccc1. The molecule has 0 radical (unpaired) electrons. The molecule has 2 aromatic rings. The fourth-order valence-electron chi connectivity index (χ4n) is 2.77. The van der Waals surface area contributed by atoms with Crippen LogP contribution in [0, 0.1) is 0 Å². The van der Waals surface area contributed by atoms with Gasteiger partial charge in [0.05, 0.1) is 10.5 Å². The van der Waals surface area contributed by atoms with Gasteiger partial charge < -0.3 is 10.4 Å². The van der Waals surface area contributed by atoms with E-state index in [1.165, 1.54) is 23.1 Å². The molecule has 0 aliphatic carbocycles. The van der Waals surface area contributed by atoms with E-state index >= 15 is 0 Å². The molecule has 0 saturated carbocycles. The summed E-state index contributed by atoms with van der Waals surface area (Å²) in [6, 6.07) is 15.6. The minimum absolute atomic E-state index is 0.0574. The molecule has 0 spiro atoms. The molecule has 3 rings (SSSR count).